The third-order valence-electron chi connectivity index (χ3n) is 2.99. The van der Waals surface area contributed by atoms with Crippen molar-refractivity contribution in [2.24, 2.45) is 0 Å². The van der Waals surface area contributed by atoms with E-state index in [1.165, 1.54) is 4.90 Å². The van der Waals surface area contributed by atoms with Gasteiger partial charge in [0.05, 0.1) is 11.4 Å². The van der Waals surface area contributed by atoms with Crippen molar-refractivity contribution >= 4 is 29.3 Å². The van der Waals surface area contributed by atoms with Crippen LogP contribution in [0, 0.1) is 0 Å². The van der Waals surface area contributed by atoms with Gasteiger partial charge in [-0.1, -0.05) is 12.1 Å². The maximum absolute atomic E-state index is 12.1. The number of benzene rings is 1. The minimum absolute atomic E-state index is 0.00736. The lowest BCUT2D eigenvalue weighted by atomic mass is 10.2. The number of nitrogens with zero attached hydrogens (tertiary/aromatic N) is 1. The molecule has 1 heterocycles. The van der Waals surface area contributed by atoms with Crippen molar-refractivity contribution in [3.8, 4) is 0 Å². The Labute approximate surface area is 120 Å². The molecular weight excluding hydrogens is 278 g/mol. The molecule has 1 unspecified atom stereocenters. The molecule has 0 aromatic heterocycles. The van der Waals surface area contributed by atoms with E-state index in [1.54, 1.807) is 24.3 Å². The lowest BCUT2D eigenvalue weighted by Crippen LogP contribution is -2.47. The first kappa shape index (κ1) is 14.8. The van der Waals surface area contributed by atoms with Gasteiger partial charge in [-0.05, 0) is 12.1 Å². The van der Waals surface area contributed by atoms with Crippen molar-refractivity contribution in [3.05, 3.63) is 24.3 Å². The number of carbonyl (C=O) groups excluding carboxylic acids is 2. The summed E-state index contributed by atoms with van der Waals surface area (Å²) in [6.45, 7) is -0.128. The SMILES string of the molecule is O=C1CN(C(=O)NCCC(O)C(=O)O)c2ccccc2N1. The third-order valence-corrected chi connectivity index (χ3v) is 2.99. The van der Waals surface area contributed by atoms with Gasteiger partial charge in [0.1, 0.15) is 6.54 Å². The van der Waals surface area contributed by atoms with Gasteiger partial charge < -0.3 is 20.8 Å². The maximum atomic E-state index is 12.1. The molecule has 1 aromatic carbocycles. The van der Waals surface area contributed by atoms with Crippen LogP contribution in [0.25, 0.3) is 0 Å². The summed E-state index contributed by atoms with van der Waals surface area (Å²) in [5.41, 5.74) is 1.10. The summed E-state index contributed by atoms with van der Waals surface area (Å²) in [4.78, 5) is 35.3. The predicted octanol–water partition coefficient (Wildman–Crippen LogP) is -0.00970. The number of urea groups is 1. The van der Waals surface area contributed by atoms with Gasteiger partial charge in [0, 0.05) is 13.0 Å². The van der Waals surface area contributed by atoms with E-state index in [0.717, 1.165) is 0 Å². The van der Waals surface area contributed by atoms with E-state index in [-0.39, 0.29) is 25.4 Å². The van der Waals surface area contributed by atoms with E-state index in [4.69, 9.17) is 10.2 Å². The van der Waals surface area contributed by atoms with Crippen molar-refractivity contribution in [1.82, 2.24) is 5.32 Å². The standard InChI is InChI=1S/C13H15N3O5/c17-10(12(19)20)5-6-14-13(21)16-7-11(18)15-8-3-1-2-4-9(8)16/h1-4,10,17H,5-7H2,(H,14,21)(H,15,18)(H,19,20). The van der Waals surface area contributed by atoms with Crippen LogP contribution in [0.15, 0.2) is 24.3 Å². The number of amides is 3. The first-order chi connectivity index (χ1) is 9.99. The number of carboxylic acids is 1. The number of carbonyl (C=O) groups is 3. The lowest BCUT2D eigenvalue weighted by molar-refractivity contribution is -0.146. The van der Waals surface area contributed by atoms with Crippen molar-refractivity contribution in [1.29, 1.82) is 0 Å². The molecule has 0 radical (unpaired) electrons. The fourth-order valence-corrected chi connectivity index (χ4v) is 1.95. The Hall–Kier alpha value is -2.61. The molecule has 1 atom stereocenters. The molecule has 4 N–H and O–H groups in total. The van der Waals surface area contributed by atoms with E-state index in [9.17, 15) is 14.4 Å². The van der Waals surface area contributed by atoms with Gasteiger partial charge >= 0.3 is 12.0 Å². The Balaban J connectivity index is 2.00. The quantitative estimate of drug-likeness (QED) is 0.622. The number of nitrogens with one attached hydrogen (secondary N) is 2. The number of para-hydroxylation sites is 2. The number of fused-ring (bicyclic) bond motifs is 1. The van der Waals surface area contributed by atoms with Crippen molar-refractivity contribution in [3.63, 3.8) is 0 Å². The zero-order valence-electron chi connectivity index (χ0n) is 11.1. The van der Waals surface area contributed by atoms with Crippen molar-refractivity contribution < 1.29 is 24.6 Å². The highest BCUT2D eigenvalue weighted by molar-refractivity contribution is 6.09. The molecule has 0 bridgehead atoms. The van der Waals surface area contributed by atoms with Gasteiger partial charge in [-0.2, -0.15) is 0 Å². The van der Waals surface area contributed by atoms with Crippen LogP contribution >= 0.6 is 0 Å². The highest BCUT2D eigenvalue weighted by Crippen LogP contribution is 2.28. The highest BCUT2D eigenvalue weighted by atomic mass is 16.4. The molecule has 0 saturated heterocycles. The maximum Gasteiger partial charge on any atom is 0.332 e. The molecule has 1 aliphatic rings. The summed E-state index contributed by atoms with van der Waals surface area (Å²) in [5, 5.41) is 22.8. The van der Waals surface area contributed by atoms with Gasteiger partial charge in [-0.15, -0.1) is 0 Å². The molecule has 8 nitrogen and oxygen atoms in total. The van der Waals surface area contributed by atoms with E-state index in [0.29, 0.717) is 11.4 Å². The molecular formula is C13H15N3O5. The van der Waals surface area contributed by atoms with E-state index < -0.39 is 18.1 Å². The highest BCUT2D eigenvalue weighted by Gasteiger charge is 2.26. The van der Waals surface area contributed by atoms with Gasteiger partial charge in [0.2, 0.25) is 5.91 Å². The second kappa shape index (κ2) is 6.23. The fraction of sp³-hybridized carbons (Fsp3) is 0.308. The first-order valence-electron chi connectivity index (χ1n) is 6.34. The molecule has 0 fully saturated rings. The molecule has 0 aliphatic carbocycles. The van der Waals surface area contributed by atoms with Crippen LogP contribution < -0.4 is 15.5 Å². The summed E-state index contributed by atoms with van der Waals surface area (Å²) in [5.74, 6) is -1.65. The molecule has 0 saturated carbocycles. The topological polar surface area (TPSA) is 119 Å². The van der Waals surface area contributed by atoms with Crippen LogP contribution in [0.2, 0.25) is 0 Å². The molecule has 3 amide bonds. The average molecular weight is 293 g/mol. The van der Waals surface area contributed by atoms with Crippen LogP contribution in [0.1, 0.15) is 6.42 Å². The molecule has 112 valence electrons. The van der Waals surface area contributed by atoms with Gasteiger partial charge in [0.25, 0.3) is 0 Å². The van der Waals surface area contributed by atoms with Crippen LogP contribution in [-0.2, 0) is 9.59 Å². The fourth-order valence-electron chi connectivity index (χ4n) is 1.95. The second-order valence-corrected chi connectivity index (χ2v) is 4.53. The number of carboxylic acid groups (broad SMARTS) is 1. The molecule has 1 aromatic rings. The van der Waals surface area contributed by atoms with Crippen LogP contribution in [0.3, 0.4) is 0 Å². The molecule has 8 heteroatoms. The monoisotopic (exact) mass is 293 g/mol. The third kappa shape index (κ3) is 3.48. The summed E-state index contributed by atoms with van der Waals surface area (Å²) in [7, 11) is 0. The van der Waals surface area contributed by atoms with Crippen molar-refractivity contribution in [2.45, 2.75) is 12.5 Å². The van der Waals surface area contributed by atoms with Crippen molar-refractivity contribution in [2.75, 3.05) is 23.3 Å². The van der Waals surface area contributed by atoms with Gasteiger partial charge in [-0.25, -0.2) is 9.59 Å². The first-order valence-corrected chi connectivity index (χ1v) is 6.34. The second-order valence-electron chi connectivity index (χ2n) is 4.53. The average Bonchev–Trinajstić information content (AvgIpc) is 2.45. The number of anilines is 2. The number of hydrogen-bond donors (Lipinski definition) is 4. The lowest BCUT2D eigenvalue weighted by Gasteiger charge is -2.29. The van der Waals surface area contributed by atoms with E-state index >= 15 is 0 Å². The number of aliphatic hydroxyl groups is 1. The summed E-state index contributed by atoms with van der Waals surface area (Å²) >= 11 is 0. The Morgan fingerprint density at radius 1 is 1.38 bits per heavy atom. The molecule has 1 aliphatic heterocycles. The molecule has 0 spiro atoms. The normalized spacial score (nSPS) is 14.9. The Morgan fingerprint density at radius 3 is 2.81 bits per heavy atom. The Morgan fingerprint density at radius 2 is 2.10 bits per heavy atom. The Kier molecular flexibility index (Phi) is 4.39. The minimum atomic E-state index is -1.53. The van der Waals surface area contributed by atoms with Gasteiger partial charge in [0.15, 0.2) is 6.10 Å². The van der Waals surface area contributed by atoms with Gasteiger partial charge in [-0.3, -0.25) is 9.69 Å². The number of aliphatic hydroxyl groups excluding tert-OH is 1. The minimum Gasteiger partial charge on any atom is -0.479 e. The number of rotatable bonds is 4. The molecule has 2 rings (SSSR count). The Bertz CT molecular complexity index is 575. The van der Waals surface area contributed by atoms with Crippen LogP contribution in [0.4, 0.5) is 16.2 Å². The summed E-state index contributed by atoms with van der Waals surface area (Å²) in [6.07, 6.45) is -1.63. The number of aliphatic carboxylic acids is 1. The van der Waals surface area contributed by atoms with E-state index in [1.807, 2.05) is 0 Å². The molecule has 21 heavy (non-hydrogen) atoms. The van der Waals surface area contributed by atoms with Crippen LogP contribution in [-0.4, -0.2) is 47.3 Å². The summed E-state index contributed by atoms with van der Waals surface area (Å²) in [6, 6.07) is 6.34. The zero-order chi connectivity index (χ0) is 15.4. The van der Waals surface area contributed by atoms with Crippen LogP contribution in [0.5, 0.6) is 0 Å². The predicted molar refractivity (Wildman–Crippen MR) is 74.1 cm³/mol. The summed E-state index contributed by atoms with van der Waals surface area (Å²) < 4.78 is 0. The van der Waals surface area contributed by atoms with E-state index in [2.05, 4.69) is 10.6 Å². The smallest absolute Gasteiger partial charge is 0.332 e. The zero-order valence-corrected chi connectivity index (χ0v) is 11.1. The number of hydrogen-bond acceptors (Lipinski definition) is 4. The largest absolute Gasteiger partial charge is 0.479 e.